The van der Waals surface area contributed by atoms with Crippen molar-refractivity contribution in [1.29, 1.82) is 0 Å². The number of aliphatic hydroxyl groups excluding tert-OH is 3. The number of ether oxygens (including phenoxy) is 7. The molecule has 4 bridgehead atoms. The molecule has 6 fully saturated rings. The van der Waals surface area contributed by atoms with Crippen LogP contribution >= 0.6 is 11.8 Å². The Kier molecular flexibility index (Phi) is 12.5. The molecule has 9 aliphatic rings. The number of allylic oxidation sites excluding steroid dienone is 4. The molecule has 14 nitrogen and oxygen atoms in total. The smallest absolute Gasteiger partial charge is 0.246 e. The molecule has 1 spiro atoms. The largest absolute Gasteiger partial charge is 0.482 e. The highest BCUT2D eigenvalue weighted by molar-refractivity contribution is 8.00. The van der Waals surface area contributed by atoms with E-state index in [-0.39, 0.29) is 49.0 Å². The molecule has 15 heteroatoms. The summed E-state index contributed by atoms with van der Waals surface area (Å²) in [7, 11) is 0. The third-order valence-corrected chi connectivity index (χ3v) is 17.2. The highest BCUT2D eigenvalue weighted by Gasteiger charge is 2.85. The van der Waals surface area contributed by atoms with Crippen molar-refractivity contribution in [2.45, 2.75) is 170 Å². The lowest BCUT2D eigenvalue weighted by Gasteiger charge is -2.63. The molecule has 2 aromatic rings. The number of ketones is 1. The summed E-state index contributed by atoms with van der Waals surface area (Å²) in [5.41, 5.74) is 1.35. The van der Waals surface area contributed by atoms with E-state index in [1.807, 2.05) is 58.0 Å². The van der Waals surface area contributed by atoms with Gasteiger partial charge in [0, 0.05) is 46.1 Å². The number of benzene rings is 2. The molecule has 3 saturated carbocycles. The third kappa shape index (κ3) is 7.84. The zero-order valence-corrected chi connectivity index (χ0v) is 42.7. The fraction of sp³-hybridized carbons (Fsp3) is 0.582. The average molecular weight is 981 g/mol. The van der Waals surface area contributed by atoms with Crippen molar-refractivity contribution in [2.75, 3.05) is 19.8 Å². The van der Waals surface area contributed by atoms with E-state index in [4.69, 9.17) is 38.2 Å². The monoisotopic (exact) mass is 980 g/mol. The molecule has 3 saturated heterocycles. The van der Waals surface area contributed by atoms with Crippen LogP contribution in [0, 0.1) is 17.8 Å². The molecule has 70 heavy (non-hydrogen) atoms. The molecule has 6 aliphatic heterocycles. The lowest BCUT2D eigenvalue weighted by Crippen LogP contribution is -2.79. The van der Waals surface area contributed by atoms with E-state index in [1.54, 1.807) is 38.6 Å². The van der Waals surface area contributed by atoms with Crippen LogP contribution in [0.1, 0.15) is 112 Å². The number of aliphatic imine (C=N–C) groups is 1. The summed E-state index contributed by atoms with van der Waals surface area (Å²) in [6.07, 6.45) is 6.55. The molecular formula is C55H68N2O12S. The van der Waals surface area contributed by atoms with Crippen molar-refractivity contribution in [1.82, 2.24) is 5.32 Å². The Bertz CT molecular complexity index is 2640. The van der Waals surface area contributed by atoms with E-state index < -0.39 is 70.7 Å². The van der Waals surface area contributed by atoms with Gasteiger partial charge in [0.2, 0.25) is 12.2 Å². The van der Waals surface area contributed by atoms with Crippen molar-refractivity contribution in [2.24, 2.45) is 22.7 Å². The van der Waals surface area contributed by atoms with Gasteiger partial charge in [-0.05, 0) is 119 Å². The van der Waals surface area contributed by atoms with Gasteiger partial charge in [-0.15, -0.1) is 11.8 Å². The van der Waals surface area contributed by atoms with E-state index in [0.29, 0.717) is 58.9 Å². The van der Waals surface area contributed by atoms with Gasteiger partial charge in [0.1, 0.15) is 47.3 Å². The van der Waals surface area contributed by atoms with Gasteiger partial charge in [0.25, 0.3) is 0 Å². The fourth-order valence-electron chi connectivity index (χ4n) is 12.4. The molecule has 12 atom stereocenters. The van der Waals surface area contributed by atoms with Gasteiger partial charge in [-0.25, -0.2) is 0 Å². The number of para-hydroxylation sites is 1. The zero-order chi connectivity index (χ0) is 49.9. The van der Waals surface area contributed by atoms with E-state index in [9.17, 15) is 20.1 Å². The molecule has 7 unspecified atom stereocenters. The number of thioether (sulfide) groups is 1. The number of nitrogens with zero attached hydrogens (tertiary/aromatic N) is 1. The minimum absolute atomic E-state index is 0.0485. The SMILES string of the molecule is CC(C)=CCCC1(C)C=Cc2c(c(CC=C(C)C)c3c(c2O[C@H]2O[C@H]4COC(C)(C)O[C@@H]4[C@@H](O)[C@@H]2O)C2=Nc4ccccc4SC4C5CC6C(C)(C)OC(CC=C(C)C(=O)NCCO)(C5=O)C6(O3)C24)O1. The van der Waals surface area contributed by atoms with Gasteiger partial charge in [-0.1, -0.05) is 41.5 Å². The number of carbonyl (C=O) groups is 2. The zero-order valence-electron chi connectivity index (χ0n) is 41.9. The second-order valence-electron chi connectivity index (χ2n) is 22.0. The average Bonchev–Trinajstić information content (AvgIpc) is 3.38. The summed E-state index contributed by atoms with van der Waals surface area (Å²) in [6.45, 7) is 19.6. The number of carbonyl (C=O) groups excluding carboxylic acids is 2. The van der Waals surface area contributed by atoms with Crippen LogP contribution in [0.15, 0.2) is 75.2 Å². The predicted molar refractivity (Wildman–Crippen MR) is 265 cm³/mol. The Morgan fingerprint density at radius 3 is 2.49 bits per heavy atom. The maximum Gasteiger partial charge on any atom is 0.246 e. The third-order valence-electron chi connectivity index (χ3n) is 15.7. The Morgan fingerprint density at radius 2 is 1.74 bits per heavy atom. The number of fused-ring (bicyclic) bond motifs is 5. The summed E-state index contributed by atoms with van der Waals surface area (Å²) in [5, 5.41) is 35.7. The molecule has 11 rings (SSSR count). The number of rotatable bonds is 12. The quantitative estimate of drug-likeness (QED) is 0.120. The number of hydrogen-bond donors (Lipinski definition) is 4. The highest BCUT2D eigenvalue weighted by Crippen LogP contribution is 2.73. The van der Waals surface area contributed by atoms with E-state index >= 15 is 4.79 Å². The first kappa shape index (κ1) is 49.3. The van der Waals surface area contributed by atoms with Crippen molar-refractivity contribution in [3.63, 3.8) is 0 Å². The topological polar surface area (TPSA) is 184 Å². The van der Waals surface area contributed by atoms with Crippen molar-refractivity contribution in [3.8, 4) is 17.2 Å². The number of Topliss-reactive ketones (excluding diaryl/α,β-unsaturated/α-hetero) is 1. The van der Waals surface area contributed by atoms with Gasteiger partial charge in [-0.3, -0.25) is 14.6 Å². The minimum atomic E-state index is -1.57. The predicted octanol–water partition coefficient (Wildman–Crippen LogP) is 7.64. The first-order chi connectivity index (χ1) is 33.1. The van der Waals surface area contributed by atoms with Gasteiger partial charge >= 0.3 is 0 Å². The van der Waals surface area contributed by atoms with Crippen molar-refractivity contribution < 1.29 is 58.1 Å². The van der Waals surface area contributed by atoms with Gasteiger partial charge in [0.15, 0.2) is 22.8 Å². The van der Waals surface area contributed by atoms with Gasteiger partial charge < -0.3 is 53.8 Å². The van der Waals surface area contributed by atoms with Crippen LogP contribution < -0.4 is 19.5 Å². The summed E-state index contributed by atoms with van der Waals surface area (Å²) in [4.78, 5) is 35.8. The van der Waals surface area contributed by atoms with Crippen LogP contribution in [0.25, 0.3) is 6.08 Å². The summed E-state index contributed by atoms with van der Waals surface area (Å²) < 4.78 is 48.4. The van der Waals surface area contributed by atoms with Gasteiger partial charge in [-0.2, -0.15) is 0 Å². The van der Waals surface area contributed by atoms with Crippen molar-refractivity contribution in [3.05, 3.63) is 82.0 Å². The Labute approximate surface area is 414 Å². The van der Waals surface area contributed by atoms with Gasteiger partial charge in [0.05, 0.1) is 47.3 Å². The lowest BCUT2D eigenvalue weighted by atomic mass is 9.46. The molecule has 376 valence electrons. The number of hydrogen-bond acceptors (Lipinski definition) is 14. The minimum Gasteiger partial charge on any atom is -0.482 e. The van der Waals surface area contributed by atoms with Crippen LogP contribution in [0.4, 0.5) is 5.69 Å². The Balaban J connectivity index is 1.24. The summed E-state index contributed by atoms with van der Waals surface area (Å²) in [6, 6.07) is 7.97. The van der Waals surface area contributed by atoms with E-state index in [1.165, 1.54) is 5.57 Å². The molecule has 0 radical (unpaired) electrons. The Hall–Kier alpha value is -4.32. The van der Waals surface area contributed by atoms with Crippen molar-refractivity contribution >= 4 is 40.9 Å². The molecular weight excluding hydrogens is 913 g/mol. The van der Waals surface area contributed by atoms with E-state index in [2.05, 4.69) is 44.3 Å². The second-order valence-corrected chi connectivity index (χ2v) is 23.2. The number of aliphatic hydroxyl groups is 3. The summed E-state index contributed by atoms with van der Waals surface area (Å²) in [5.74, 6) is -1.56. The Morgan fingerprint density at radius 1 is 0.986 bits per heavy atom. The standard InChI is InChI=1S/C55H68N2O12S/c1-28(2)14-13-21-53(10)22-20-32-43(67-53)31(18-17-29(3)4)45-38(44(32)65-50-42(60)41(59)46-35(64-50)27-63-52(8,9)66-46)40-39-47(70-36-16-12-11-15-34(36)57-40)33-26-37-51(6,7)69-54(48(33)61,55(37,39)68-45)23-19-30(5)49(62)56-24-25-58/h11-12,14-17,19-20,22,33,35,37,39,41-42,46-47,50,58-60H,13,18,21,23-27H2,1-10H3,(H,56,62)/t33?,35-,37?,39?,41-,42-,46-,47?,50+,53?,54?,55?/m0/s1. The first-order valence-electron chi connectivity index (χ1n) is 24.9. The lowest BCUT2D eigenvalue weighted by molar-refractivity contribution is -0.373. The van der Waals surface area contributed by atoms with Crippen LogP contribution in [0.2, 0.25) is 0 Å². The molecule has 1 amide bonds. The van der Waals surface area contributed by atoms with Crippen LogP contribution in [0.3, 0.4) is 0 Å². The maximum atomic E-state index is 15.8. The normalized spacial score (nSPS) is 35.6. The number of nitrogens with one attached hydrogen (secondary N) is 1. The van der Waals surface area contributed by atoms with Crippen LogP contribution in [-0.2, 0) is 35.0 Å². The fourth-order valence-corrected chi connectivity index (χ4v) is 14.0. The molecule has 4 N–H and O–H groups in total. The van der Waals surface area contributed by atoms with E-state index in [0.717, 1.165) is 28.1 Å². The van der Waals surface area contributed by atoms with Crippen LogP contribution in [-0.4, -0.2) is 117 Å². The molecule has 2 aromatic carbocycles. The molecule has 6 heterocycles. The number of amides is 1. The molecule has 0 aromatic heterocycles. The second kappa shape index (κ2) is 17.7. The first-order valence-corrected chi connectivity index (χ1v) is 25.7. The molecule has 3 aliphatic carbocycles. The highest BCUT2D eigenvalue weighted by atomic mass is 32.2. The maximum absolute atomic E-state index is 15.8. The van der Waals surface area contributed by atoms with Crippen LogP contribution in [0.5, 0.6) is 17.2 Å². The summed E-state index contributed by atoms with van der Waals surface area (Å²) >= 11 is 1.64.